The Morgan fingerprint density at radius 2 is 2.06 bits per heavy atom. The van der Waals surface area contributed by atoms with Crippen LogP contribution in [-0.4, -0.2) is 54.5 Å². The fourth-order valence-corrected chi connectivity index (χ4v) is 1.11. The highest BCUT2D eigenvalue weighted by atomic mass is 16.6. The molecule has 0 rings (SSSR count). The molecule has 0 saturated carbocycles. The zero-order chi connectivity index (χ0) is 12.8. The SMILES string of the molecule is CCNCC(O)CN(C)C(=O)OC(C)(C)C. The molecule has 0 aromatic heterocycles. The smallest absolute Gasteiger partial charge is 0.410 e. The maximum atomic E-state index is 11.5. The monoisotopic (exact) mass is 232 g/mol. The van der Waals surface area contributed by atoms with E-state index in [1.54, 1.807) is 7.05 Å². The molecule has 1 atom stereocenters. The minimum atomic E-state index is -0.572. The van der Waals surface area contributed by atoms with Crippen molar-refractivity contribution in [1.29, 1.82) is 0 Å². The van der Waals surface area contributed by atoms with Gasteiger partial charge < -0.3 is 20.1 Å². The van der Waals surface area contributed by atoms with Gasteiger partial charge in [-0.25, -0.2) is 4.79 Å². The number of carbonyl (C=O) groups is 1. The molecule has 96 valence electrons. The number of rotatable bonds is 5. The van der Waals surface area contributed by atoms with Gasteiger partial charge in [-0.1, -0.05) is 6.92 Å². The van der Waals surface area contributed by atoms with Gasteiger partial charge >= 0.3 is 6.09 Å². The first kappa shape index (κ1) is 15.2. The molecule has 16 heavy (non-hydrogen) atoms. The van der Waals surface area contributed by atoms with Gasteiger partial charge in [-0.05, 0) is 27.3 Å². The van der Waals surface area contributed by atoms with Crippen LogP contribution in [0.15, 0.2) is 0 Å². The number of hydrogen-bond acceptors (Lipinski definition) is 4. The Morgan fingerprint density at radius 1 is 1.50 bits per heavy atom. The third-order valence-corrected chi connectivity index (χ3v) is 1.82. The van der Waals surface area contributed by atoms with Crippen molar-refractivity contribution in [3.63, 3.8) is 0 Å². The Hall–Kier alpha value is -0.810. The number of hydrogen-bond donors (Lipinski definition) is 2. The van der Waals surface area contributed by atoms with Crippen molar-refractivity contribution in [2.75, 3.05) is 26.7 Å². The molecule has 0 saturated heterocycles. The highest BCUT2D eigenvalue weighted by Crippen LogP contribution is 2.09. The van der Waals surface area contributed by atoms with Crippen LogP contribution in [0.5, 0.6) is 0 Å². The van der Waals surface area contributed by atoms with Crippen molar-refractivity contribution in [3.8, 4) is 0 Å². The number of likely N-dealkylation sites (N-methyl/N-ethyl adjacent to an activating group) is 2. The minimum Gasteiger partial charge on any atom is -0.444 e. The Labute approximate surface area is 97.8 Å². The summed E-state index contributed by atoms with van der Waals surface area (Å²) in [6.45, 7) is 8.94. The van der Waals surface area contributed by atoms with E-state index in [0.29, 0.717) is 6.54 Å². The lowest BCUT2D eigenvalue weighted by molar-refractivity contribution is 0.0208. The highest BCUT2D eigenvalue weighted by molar-refractivity contribution is 5.67. The fourth-order valence-electron chi connectivity index (χ4n) is 1.11. The molecule has 5 nitrogen and oxygen atoms in total. The van der Waals surface area contributed by atoms with Crippen LogP contribution in [0.1, 0.15) is 27.7 Å². The lowest BCUT2D eigenvalue weighted by Gasteiger charge is -2.26. The Bertz CT molecular complexity index is 214. The van der Waals surface area contributed by atoms with Crippen LogP contribution in [-0.2, 0) is 4.74 Å². The first-order valence-electron chi connectivity index (χ1n) is 5.59. The second-order valence-corrected chi connectivity index (χ2v) is 4.82. The normalized spacial score (nSPS) is 13.4. The van der Waals surface area contributed by atoms with Gasteiger partial charge in [0.25, 0.3) is 0 Å². The molecule has 0 aliphatic rings. The molecule has 0 aliphatic carbocycles. The van der Waals surface area contributed by atoms with Crippen LogP contribution in [0, 0.1) is 0 Å². The van der Waals surface area contributed by atoms with Crippen molar-refractivity contribution >= 4 is 6.09 Å². The number of nitrogens with one attached hydrogen (secondary N) is 1. The third kappa shape index (κ3) is 7.48. The van der Waals surface area contributed by atoms with Crippen LogP contribution < -0.4 is 5.32 Å². The summed E-state index contributed by atoms with van der Waals surface area (Å²) in [5.41, 5.74) is -0.502. The zero-order valence-electron chi connectivity index (χ0n) is 10.9. The molecular formula is C11H24N2O3. The maximum Gasteiger partial charge on any atom is 0.410 e. The summed E-state index contributed by atoms with van der Waals surface area (Å²) in [6, 6.07) is 0. The van der Waals surface area contributed by atoms with E-state index in [9.17, 15) is 9.90 Å². The third-order valence-electron chi connectivity index (χ3n) is 1.82. The Kier molecular flexibility index (Phi) is 6.36. The molecule has 0 aromatic rings. The van der Waals surface area contributed by atoms with Gasteiger partial charge in [-0.2, -0.15) is 0 Å². The summed E-state index contributed by atoms with van der Waals surface area (Å²) in [6.07, 6.45) is -0.986. The van der Waals surface area contributed by atoms with Gasteiger partial charge in [-0.3, -0.25) is 0 Å². The second-order valence-electron chi connectivity index (χ2n) is 4.82. The topological polar surface area (TPSA) is 61.8 Å². The molecule has 2 N–H and O–H groups in total. The number of ether oxygens (including phenoxy) is 1. The van der Waals surface area contributed by atoms with Gasteiger partial charge in [0.05, 0.1) is 12.6 Å². The average Bonchev–Trinajstić information content (AvgIpc) is 2.11. The van der Waals surface area contributed by atoms with Crippen molar-refractivity contribution < 1.29 is 14.6 Å². The summed E-state index contributed by atoms with van der Waals surface area (Å²) in [5, 5.41) is 12.6. The molecule has 0 spiro atoms. The van der Waals surface area contributed by atoms with E-state index < -0.39 is 17.8 Å². The predicted octanol–water partition coefficient (Wildman–Crippen LogP) is 0.824. The van der Waals surface area contributed by atoms with Crippen molar-refractivity contribution in [2.24, 2.45) is 0 Å². The number of carbonyl (C=O) groups excluding carboxylic acids is 1. The first-order valence-corrected chi connectivity index (χ1v) is 5.59. The van der Waals surface area contributed by atoms with Crippen LogP contribution in [0.25, 0.3) is 0 Å². The Balaban J connectivity index is 3.95. The number of nitrogens with zero attached hydrogens (tertiary/aromatic N) is 1. The van der Waals surface area contributed by atoms with Gasteiger partial charge in [-0.15, -0.1) is 0 Å². The highest BCUT2D eigenvalue weighted by Gasteiger charge is 2.20. The minimum absolute atomic E-state index is 0.266. The molecule has 0 aromatic carbocycles. The summed E-state index contributed by atoms with van der Waals surface area (Å²) in [4.78, 5) is 12.9. The lowest BCUT2D eigenvalue weighted by atomic mass is 10.2. The summed E-state index contributed by atoms with van der Waals surface area (Å²) >= 11 is 0. The van der Waals surface area contributed by atoms with E-state index in [0.717, 1.165) is 6.54 Å². The van der Waals surface area contributed by atoms with E-state index in [-0.39, 0.29) is 6.54 Å². The van der Waals surface area contributed by atoms with Crippen molar-refractivity contribution in [1.82, 2.24) is 10.2 Å². The first-order chi connectivity index (χ1) is 7.26. The summed E-state index contributed by atoms with van der Waals surface area (Å²) in [5.74, 6) is 0. The number of aliphatic hydroxyl groups excluding tert-OH is 1. The van der Waals surface area contributed by atoms with E-state index in [1.807, 2.05) is 27.7 Å². The van der Waals surface area contributed by atoms with Crippen LogP contribution in [0.4, 0.5) is 4.79 Å². The predicted molar refractivity (Wildman–Crippen MR) is 63.4 cm³/mol. The summed E-state index contributed by atoms with van der Waals surface area (Å²) < 4.78 is 5.16. The maximum absolute atomic E-state index is 11.5. The number of aliphatic hydroxyl groups is 1. The van der Waals surface area contributed by atoms with Crippen LogP contribution in [0.3, 0.4) is 0 Å². The van der Waals surface area contributed by atoms with Crippen molar-refractivity contribution in [2.45, 2.75) is 39.4 Å². The quantitative estimate of drug-likeness (QED) is 0.737. The fraction of sp³-hybridized carbons (Fsp3) is 0.909. The largest absolute Gasteiger partial charge is 0.444 e. The van der Waals surface area contributed by atoms with E-state index >= 15 is 0 Å². The molecule has 1 amide bonds. The molecule has 5 heteroatoms. The van der Waals surface area contributed by atoms with E-state index in [4.69, 9.17) is 4.74 Å². The Morgan fingerprint density at radius 3 is 2.50 bits per heavy atom. The van der Waals surface area contributed by atoms with Gasteiger partial charge in [0.1, 0.15) is 5.60 Å². The second kappa shape index (κ2) is 6.70. The van der Waals surface area contributed by atoms with Gasteiger partial charge in [0, 0.05) is 13.6 Å². The molecule has 0 radical (unpaired) electrons. The lowest BCUT2D eigenvalue weighted by Crippen LogP contribution is -2.41. The summed E-state index contributed by atoms with van der Waals surface area (Å²) in [7, 11) is 1.61. The van der Waals surface area contributed by atoms with Crippen molar-refractivity contribution in [3.05, 3.63) is 0 Å². The molecule has 0 bridgehead atoms. The molecular weight excluding hydrogens is 208 g/mol. The molecule has 1 unspecified atom stereocenters. The average molecular weight is 232 g/mol. The van der Waals surface area contributed by atoms with E-state index in [1.165, 1.54) is 4.90 Å². The van der Waals surface area contributed by atoms with Gasteiger partial charge in [0.15, 0.2) is 0 Å². The van der Waals surface area contributed by atoms with Crippen LogP contribution >= 0.6 is 0 Å². The van der Waals surface area contributed by atoms with Crippen LogP contribution in [0.2, 0.25) is 0 Å². The molecule has 0 heterocycles. The zero-order valence-corrected chi connectivity index (χ0v) is 10.9. The van der Waals surface area contributed by atoms with Gasteiger partial charge in [0.2, 0.25) is 0 Å². The molecule has 0 fully saturated rings. The van der Waals surface area contributed by atoms with E-state index in [2.05, 4.69) is 5.32 Å². The number of amides is 1. The molecule has 0 aliphatic heterocycles. The standard InChI is InChI=1S/C11H24N2O3/c1-6-12-7-9(14)8-13(5)10(15)16-11(2,3)4/h9,12,14H,6-8H2,1-5H3.